The number of imidazole rings is 2. The summed E-state index contributed by atoms with van der Waals surface area (Å²) in [6.07, 6.45) is 3.83. The molecular formula is C45H56N6O5S. The number of benzene rings is 2. The molecule has 4 aromatic rings. The van der Waals surface area contributed by atoms with Gasteiger partial charge in [-0.1, -0.05) is 43.0 Å². The Hall–Kier alpha value is -4.73. The molecule has 6 unspecified atom stereocenters. The Morgan fingerprint density at radius 2 is 1.61 bits per heavy atom. The summed E-state index contributed by atoms with van der Waals surface area (Å²) in [5.41, 5.74) is 5.41. The number of fused-ring (bicyclic) bond motifs is 2. The molecule has 0 spiro atoms. The normalized spacial score (nSPS) is 24.5. The van der Waals surface area contributed by atoms with E-state index in [2.05, 4.69) is 54.4 Å². The summed E-state index contributed by atoms with van der Waals surface area (Å²) in [4.78, 5) is 47.0. The van der Waals surface area contributed by atoms with Crippen LogP contribution in [0.4, 0.5) is 9.59 Å². The van der Waals surface area contributed by atoms with Gasteiger partial charge in [0, 0.05) is 48.7 Å². The highest BCUT2D eigenvalue weighted by molar-refractivity contribution is 8.01. The van der Waals surface area contributed by atoms with Crippen molar-refractivity contribution >= 4 is 35.0 Å². The molecule has 3 aliphatic rings. The minimum atomic E-state index is -0.592. The van der Waals surface area contributed by atoms with Crippen molar-refractivity contribution in [3.05, 3.63) is 83.6 Å². The fourth-order valence-electron chi connectivity index (χ4n) is 7.83. The second-order valence-corrected chi connectivity index (χ2v) is 19.1. The lowest BCUT2D eigenvalue weighted by Crippen LogP contribution is -2.55. The molecule has 0 bridgehead atoms. The summed E-state index contributed by atoms with van der Waals surface area (Å²) < 4.78 is 17.5. The molecule has 11 nitrogen and oxygen atoms in total. The van der Waals surface area contributed by atoms with Gasteiger partial charge in [0.1, 0.15) is 22.9 Å². The van der Waals surface area contributed by atoms with Crippen molar-refractivity contribution < 1.29 is 23.8 Å². The molecule has 302 valence electrons. The standard InChI is InChI=1S/C45H56N6O5S/c1-27-21-34-38(57-41(34)51(24-27)43(53)56-45(7,8)9)40-46-23-37(49-40)32-17-14-30(15-18-32)12-13-31-16-19-35-36(22-31)48-39(47-35)33-11-10-20-54-26-28(2)25-50(29(33)3)42(52)55-44(4,5)6/h14-19,22-23,28-29,33-34,38,41H,1,10-11,20-21,24-26H2,2-9H3,(H,46,49)(H,47,48). The van der Waals surface area contributed by atoms with E-state index in [0.29, 0.717) is 26.3 Å². The number of carbonyl (C=O) groups excluding carboxylic acids is 2. The van der Waals surface area contributed by atoms with E-state index in [9.17, 15) is 9.59 Å². The predicted molar refractivity (Wildman–Crippen MR) is 225 cm³/mol. The van der Waals surface area contributed by atoms with Gasteiger partial charge in [-0.25, -0.2) is 19.6 Å². The first-order valence-corrected chi connectivity index (χ1v) is 21.0. The van der Waals surface area contributed by atoms with Gasteiger partial charge in [0.25, 0.3) is 0 Å². The van der Waals surface area contributed by atoms with Crippen molar-refractivity contribution in [1.29, 1.82) is 0 Å². The van der Waals surface area contributed by atoms with Crippen LogP contribution in [0.15, 0.2) is 60.8 Å². The number of piperidine rings is 1. The van der Waals surface area contributed by atoms with Crippen molar-refractivity contribution in [2.75, 3.05) is 26.3 Å². The minimum absolute atomic E-state index is 0.0241. The van der Waals surface area contributed by atoms with Gasteiger partial charge >= 0.3 is 12.2 Å². The molecule has 2 aromatic heterocycles. The number of aromatic nitrogens is 4. The third-order valence-corrected chi connectivity index (χ3v) is 12.3. The molecule has 7 rings (SSSR count). The van der Waals surface area contributed by atoms with E-state index >= 15 is 0 Å². The largest absolute Gasteiger partial charge is 0.444 e. The van der Waals surface area contributed by atoms with Gasteiger partial charge in [0.2, 0.25) is 0 Å². The molecule has 0 aliphatic carbocycles. The Balaban J connectivity index is 1.02. The molecule has 6 atom stereocenters. The number of amides is 2. The number of likely N-dealkylation sites (tertiary alicyclic amines) is 1. The highest BCUT2D eigenvalue weighted by Crippen LogP contribution is 2.58. The lowest BCUT2D eigenvalue weighted by atomic mass is 9.90. The van der Waals surface area contributed by atoms with E-state index in [1.165, 1.54) is 0 Å². The van der Waals surface area contributed by atoms with E-state index in [1.54, 1.807) is 11.8 Å². The van der Waals surface area contributed by atoms with Gasteiger partial charge in [-0.2, -0.15) is 0 Å². The number of aromatic amines is 2. The fraction of sp³-hybridized carbons (Fsp3) is 0.511. The topological polar surface area (TPSA) is 126 Å². The Labute approximate surface area is 340 Å². The van der Waals surface area contributed by atoms with Crippen LogP contribution in [-0.2, 0) is 14.2 Å². The van der Waals surface area contributed by atoms with Crippen molar-refractivity contribution in [2.24, 2.45) is 11.8 Å². The number of thioether (sulfide) groups is 1. The fourth-order valence-corrected chi connectivity index (χ4v) is 9.31. The molecule has 2 N–H and O–H groups in total. The zero-order chi connectivity index (χ0) is 40.6. The smallest absolute Gasteiger partial charge is 0.411 e. The van der Waals surface area contributed by atoms with Gasteiger partial charge in [0.05, 0.1) is 40.2 Å². The SMILES string of the molecule is C=C1CC2C(c3ncc(-c4ccc(C#Cc5ccc6nc(C7CCCOCC(C)CN(C(=O)OC(C)(C)C)C7C)[nH]c6c5)cc4)[nH]3)SC2N(C(=O)OC(C)(C)C)C1. The highest BCUT2D eigenvalue weighted by Gasteiger charge is 2.52. The first-order chi connectivity index (χ1) is 27.0. The number of H-pyrrole nitrogens is 2. The Kier molecular flexibility index (Phi) is 11.5. The first kappa shape index (κ1) is 40.5. The third-order valence-electron chi connectivity index (χ3n) is 10.6. The second-order valence-electron chi connectivity index (χ2n) is 17.8. The first-order valence-electron chi connectivity index (χ1n) is 20.1. The Bertz CT molecular complexity index is 2170. The quantitative estimate of drug-likeness (QED) is 0.155. The van der Waals surface area contributed by atoms with E-state index in [4.69, 9.17) is 24.2 Å². The molecule has 0 saturated carbocycles. The number of carbonyl (C=O) groups is 2. The predicted octanol–water partition coefficient (Wildman–Crippen LogP) is 9.44. The lowest BCUT2D eigenvalue weighted by molar-refractivity contribution is 0.00206. The van der Waals surface area contributed by atoms with Crippen LogP contribution in [0.5, 0.6) is 0 Å². The van der Waals surface area contributed by atoms with Crippen molar-refractivity contribution in [1.82, 2.24) is 29.7 Å². The maximum atomic E-state index is 13.4. The molecule has 57 heavy (non-hydrogen) atoms. The maximum absolute atomic E-state index is 13.4. The average Bonchev–Trinajstić information content (AvgIpc) is 3.78. The molecular weight excluding hydrogens is 737 g/mol. The van der Waals surface area contributed by atoms with Crippen molar-refractivity contribution in [2.45, 2.75) is 108 Å². The summed E-state index contributed by atoms with van der Waals surface area (Å²) in [6.45, 7) is 22.2. The molecule has 2 aromatic carbocycles. The van der Waals surface area contributed by atoms with Gasteiger partial charge < -0.3 is 29.1 Å². The van der Waals surface area contributed by atoms with Gasteiger partial charge in [0.15, 0.2) is 0 Å². The lowest BCUT2D eigenvalue weighted by Gasteiger charge is -2.52. The molecule has 5 heterocycles. The van der Waals surface area contributed by atoms with E-state index in [-0.39, 0.29) is 46.6 Å². The summed E-state index contributed by atoms with van der Waals surface area (Å²) in [5.74, 6) is 8.80. The zero-order valence-electron chi connectivity index (χ0n) is 34.5. The van der Waals surface area contributed by atoms with Crippen molar-refractivity contribution in [3.8, 4) is 23.1 Å². The third kappa shape index (κ3) is 9.53. The second kappa shape index (κ2) is 16.3. The van der Waals surface area contributed by atoms with Crippen LogP contribution in [0.3, 0.4) is 0 Å². The molecule has 3 aliphatic heterocycles. The summed E-state index contributed by atoms with van der Waals surface area (Å²) >= 11 is 1.75. The number of nitrogens with zero attached hydrogens (tertiary/aromatic N) is 4. The van der Waals surface area contributed by atoms with Crippen LogP contribution in [0, 0.1) is 23.7 Å². The summed E-state index contributed by atoms with van der Waals surface area (Å²) in [5, 5.41) is 0.206. The van der Waals surface area contributed by atoms with Gasteiger partial charge in [-0.3, -0.25) is 4.90 Å². The van der Waals surface area contributed by atoms with Crippen LogP contribution in [0.25, 0.3) is 22.3 Å². The minimum Gasteiger partial charge on any atom is -0.444 e. The molecule has 2 amide bonds. The van der Waals surface area contributed by atoms with Crippen LogP contribution in [-0.4, -0.2) is 90.8 Å². The van der Waals surface area contributed by atoms with E-state index < -0.39 is 11.2 Å². The zero-order valence-corrected chi connectivity index (χ0v) is 35.3. The molecule has 12 heteroatoms. The molecule has 3 fully saturated rings. The van der Waals surface area contributed by atoms with E-state index in [1.807, 2.05) is 87.9 Å². The number of ether oxygens (including phenoxy) is 3. The van der Waals surface area contributed by atoms with Crippen molar-refractivity contribution in [3.63, 3.8) is 0 Å². The van der Waals surface area contributed by atoms with Crippen LogP contribution in [0.1, 0.15) is 109 Å². The number of rotatable bonds is 3. The molecule has 0 radical (unpaired) electrons. The van der Waals surface area contributed by atoms with Gasteiger partial charge in [-0.05, 0) is 110 Å². The number of hydrogen-bond acceptors (Lipinski definition) is 8. The maximum Gasteiger partial charge on any atom is 0.411 e. The van der Waals surface area contributed by atoms with Gasteiger partial charge in [-0.15, -0.1) is 11.8 Å². The number of hydrogen-bond donors (Lipinski definition) is 2. The molecule has 3 saturated heterocycles. The number of nitrogens with one attached hydrogen (secondary N) is 2. The average molecular weight is 793 g/mol. The van der Waals surface area contributed by atoms with Crippen LogP contribution in [0.2, 0.25) is 0 Å². The van der Waals surface area contributed by atoms with Crippen LogP contribution < -0.4 is 0 Å². The summed E-state index contributed by atoms with van der Waals surface area (Å²) in [7, 11) is 0. The van der Waals surface area contributed by atoms with E-state index in [0.717, 1.165) is 69.9 Å². The van der Waals surface area contributed by atoms with Crippen LogP contribution >= 0.6 is 11.8 Å². The Morgan fingerprint density at radius 3 is 2.33 bits per heavy atom. The Morgan fingerprint density at radius 1 is 0.930 bits per heavy atom. The summed E-state index contributed by atoms with van der Waals surface area (Å²) in [6, 6.07) is 14.1. The monoisotopic (exact) mass is 792 g/mol. The highest BCUT2D eigenvalue weighted by atomic mass is 32.2.